The summed E-state index contributed by atoms with van der Waals surface area (Å²) >= 11 is 1.43. The van der Waals surface area contributed by atoms with Crippen molar-refractivity contribution in [1.29, 1.82) is 0 Å². The number of hydrogen-bond donors (Lipinski definition) is 0. The molecule has 1 fully saturated rings. The largest absolute Gasteiger partial charge is 0.353 e. The molecular formula is C22H23N3O2S. The maximum atomic E-state index is 12.5. The van der Waals surface area contributed by atoms with Crippen LogP contribution in [0, 0.1) is 6.92 Å². The fraction of sp³-hybridized carbons (Fsp3) is 0.318. The number of pyridine rings is 1. The number of rotatable bonds is 5. The van der Waals surface area contributed by atoms with Gasteiger partial charge in [0.25, 0.3) is 0 Å². The number of piperazine rings is 1. The predicted octanol–water partition coefficient (Wildman–Crippen LogP) is 3.92. The number of fused-ring (bicyclic) bond motifs is 1. The van der Waals surface area contributed by atoms with Gasteiger partial charge in [-0.25, -0.2) is 4.98 Å². The number of anilines is 1. The Bertz CT molecular complexity index is 992. The first-order chi connectivity index (χ1) is 13.6. The first-order valence-electron chi connectivity index (χ1n) is 9.57. The van der Waals surface area contributed by atoms with Crippen LogP contribution in [-0.2, 0) is 4.79 Å². The highest BCUT2D eigenvalue weighted by molar-refractivity contribution is 7.12. The lowest BCUT2D eigenvalue weighted by Gasteiger charge is -2.35. The highest BCUT2D eigenvalue weighted by Gasteiger charge is 2.23. The van der Waals surface area contributed by atoms with E-state index in [0.29, 0.717) is 13.1 Å². The maximum absolute atomic E-state index is 12.5. The van der Waals surface area contributed by atoms with Crippen LogP contribution in [0.25, 0.3) is 10.9 Å². The molecule has 4 rings (SSSR count). The average molecular weight is 394 g/mol. The van der Waals surface area contributed by atoms with Gasteiger partial charge in [-0.2, -0.15) is 0 Å². The number of aryl methyl sites for hydroxylation is 1. The lowest BCUT2D eigenvalue weighted by Crippen LogP contribution is -2.49. The SMILES string of the molecule is Cc1cc(N2CCN(C(=O)CCC(=O)c3cccs3)CC2)nc2ccccc12. The van der Waals surface area contributed by atoms with E-state index < -0.39 is 0 Å². The summed E-state index contributed by atoms with van der Waals surface area (Å²) in [6, 6.07) is 14.0. The number of thiophene rings is 1. The number of amides is 1. The molecule has 28 heavy (non-hydrogen) atoms. The van der Waals surface area contributed by atoms with E-state index in [-0.39, 0.29) is 24.5 Å². The number of Topliss-reactive ketones (excluding diaryl/α,β-unsaturated/α-hetero) is 1. The van der Waals surface area contributed by atoms with Crippen LogP contribution in [0.3, 0.4) is 0 Å². The van der Waals surface area contributed by atoms with Crippen LogP contribution >= 0.6 is 11.3 Å². The summed E-state index contributed by atoms with van der Waals surface area (Å²) in [4.78, 5) is 34.2. The van der Waals surface area contributed by atoms with Crippen molar-refractivity contribution >= 4 is 39.7 Å². The Balaban J connectivity index is 1.34. The van der Waals surface area contributed by atoms with Crippen LogP contribution in [0.4, 0.5) is 5.82 Å². The fourth-order valence-electron chi connectivity index (χ4n) is 3.62. The van der Waals surface area contributed by atoms with Crippen LogP contribution in [0.5, 0.6) is 0 Å². The maximum Gasteiger partial charge on any atom is 0.223 e. The summed E-state index contributed by atoms with van der Waals surface area (Å²) in [6.07, 6.45) is 0.565. The Morgan fingerprint density at radius 3 is 2.57 bits per heavy atom. The minimum Gasteiger partial charge on any atom is -0.353 e. The zero-order valence-electron chi connectivity index (χ0n) is 15.9. The van der Waals surface area contributed by atoms with Crippen molar-refractivity contribution in [3.63, 3.8) is 0 Å². The van der Waals surface area contributed by atoms with Crippen molar-refractivity contribution in [3.05, 3.63) is 58.3 Å². The van der Waals surface area contributed by atoms with Gasteiger partial charge in [0.15, 0.2) is 5.78 Å². The van der Waals surface area contributed by atoms with E-state index in [1.165, 1.54) is 22.3 Å². The quantitative estimate of drug-likeness (QED) is 0.617. The number of nitrogens with zero attached hydrogens (tertiary/aromatic N) is 3. The Hall–Kier alpha value is -2.73. The summed E-state index contributed by atoms with van der Waals surface area (Å²) in [7, 11) is 0. The zero-order valence-corrected chi connectivity index (χ0v) is 16.7. The minimum absolute atomic E-state index is 0.0535. The molecule has 0 bridgehead atoms. The summed E-state index contributed by atoms with van der Waals surface area (Å²) in [5.41, 5.74) is 2.22. The van der Waals surface area contributed by atoms with Crippen LogP contribution in [0.1, 0.15) is 28.1 Å². The van der Waals surface area contributed by atoms with Gasteiger partial charge in [0.1, 0.15) is 5.82 Å². The Morgan fingerprint density at radius 2 is 1.82 bits per heavy atom. The van der Waals surface area contributed by atoms with E-state index in [4.69, 9.17) is 4.98 Å². The molecule has 1 saturated heterocycles. The number of hydrogen-bond acceptors (Lipinski definition) is 5. The first kappa shape index (κ1) is 18.6. The molecule has 0 radical (unpaired) electrons. The molecule has 3 aromatic rings. The first-order valence-corrected chi connectivity index (χ1v) is 10.5. The number of benzene rings is 1. The smallest absolute Gasteiger partial charge is 0.223 e. The molecule has 0 spiro atoms. The van der Waals surface area contributed by atoms with Gasteiger partial charge < -0.3 is 9.80 Å². The van der Waals surface area contributed by atoms with Gasteiger partial charge in [0.05, 0.1) is 10.4 Å². The molecule has 0 N–H and O–H groups in total. The van der Waals surface area contributed by atoms with Crippen molar-refractivity contribution < 1.29 is 9.59 Å². The van der Waals surface area contributed by atoms with E-state index >= 15 is 0 Å². The summed E-state index contributed by atoms with van der Waals surface area (Å²) in [6.45, 7) is 4.96. The molecule has 0 unspecified atom stereocenters. The van der Waals surface area contributed by atoms with Crippen LogP contribution < -0.4 is 4.90 Å². The molecule has 1 aliphatic heterocycles. The number of carbonyl (C=O) groups excluding carboxylic acids is 2. The van der Waals surface area contributed by atoms with Gasteiger partial charge in [0.2, 0.25) is 5.91 Å². The highest BCUT2D eigenvalue weighted by Crippen LogP contribution is 2.23. The number of para-hydroxylation sites is 1. The second-order valence-corrected chi connectivity index (χ2v) is 8.03. The Morgan fingerprint density at radius 1 is 1.04 bits per heavy atom. The monoisotopic (exact) mass is 393 g/mol. The van der Waals surface area contributed by atoms with Gasteiger partial charge in [-0.3, -0.25) is 9.59 Å². The van der Waals surface area contributed by atoms with Crippen molar-refractivity contribution in [2.75, 3.05) is 31.1 Å². The molecule has 6 heteroatoms. The molecular weight excluding hydrogens is 370 g/mol. The predicted molar refractivity (Wildman–Crippen MR) is 113 cm³/mol. The Labute approximate surface area is 168 Å². The van der Waals surface area contributed by atoms with Crippen molar-refractivity contribution in [3.8, 4) is 0 Å². The molecule has 0 saturated carbocycles. The summed E-state index contributed by atoms with van der Waals surface area (Å²) in [5, 5.41) is 3.06. The topological polar surface area (TPSA) is 53.5 Å². The van der Waals surface area contributed by atoms with Crippen molar-refractivity contribution in [1.82, 2.24) is 9.88 Å². The van der Waals surface area contributed by atoms with Crippen LogP contribution in [-0.4, -0.2) is 47.8 Å². The van der Waals surface area contributed by atoms with Crippen molar-refractivity contribution in [2.45, 2.75) is 19.8 Å². The number of ketones is 1. The Kier molecular flexibility index (Phi) is 5.39. The average Bonchev–Trinajstić information content (AvgIpc) is 3.27. The molecule has 0 aliphatic carbocycles. The molecule has 1 amide bonds. The number of aromatic nitrogens is 1. The van der Waals surface area contributed by atoms with E-state index in [1.54, 1.807) is 0 Å². The second kappa shape index (κ2) is 8.10. The standard InChI is InChI=1S/C22H23N3O2S/c1-16-15-21(23-18-6-3-2-5-17(16)18)24-10-12-25(13-11-24)22(27)9-8-19(26)20-7-4-14-28-20/h2-7,14-15H,8-13H2,1H3. The van der Waals surface area contributed by atoms with Gasteiger partial charge >= 0.3 is 0 Å². The lowest BCUT2D eigenvalue weighted by molar-refractivity contribution is -0.131. The highest BCUT2D eigenvalue weighted by atomic mass is 32.1. The molecule has 144 valence electrons. The van der Waals surface area contributed by atoms with Crippen LogP contribution in [0.15, 0.2) is 47.8 Å². The summed E-state index contributed by atoms with van der Waals surface area (Å²) in [5.74, 6) is 1.08. The number of carbonyl (C=O) groups is 2. The van der Waals surface area contributed by atoms with E-state index in [2.05, 4.69) is 24.0 Å². The minimum atomic E-state index is 0.0535. The molecule has 5 nitrogen and oxygen atoms in total. The second-order valence-electron chi connectivity index (χ2n) is 7.08. The third-order valence-corrected chi connectivity index (χ3v) is 6.14. The summed E-state index contributed by atoms with van der Waals surface area (Å²) < 4.78 is 0. The molecule has 2 aromatic heterocycles. The molecule has 0 atom stereocenters. The lowest BCUT2D eigenvalue weighted by atomic mass is 10.1. The molecule has 3 heterocycles. The zero-order chi connectivity index (χ0) is 19.5. The van der Waals surface area contributed by atoms with E-state index in [9.17, 15) is 9.59 Å². The van der Waals surface area contributed by atoms with Gasteiger partial charge in [0, 0.05) is 44.4 Å². The van der Waals surface area contributed by atoms with Gasteiger partial charge in [-0.15, -0.1) is 11.3 Å². The van der Waals surface area contributed by atoms with Crippen LogP contribution in [0.2, 0.25) is 0 Å². The van der Waals surface area contributed by atoms with Gasteiger partial charge in [-0.1, -0.05) is 24.3 Å². The third kappa shape index (κ3) is 3.92. The molecule has 1 aliphatic rings. The molecule has 1 aromatic carbocycles. The van der Waals surface area contributed by atoms with Crippen molar-refractivity contribution in [2.24, 2.45) is 0 Å². The normalized spacial score (nSPS) is 14.5. The third-order valence-electron chi connectivity index (χ3n) is 5.23. The van der Waals surface area contributed by atoms with E-state index in [1.807, 2.05) is 40.6 Å². The van der Waals surface area contributed by atoms with Gasteiger partial charge in [-0.05, 0) is 36.1 Å². The fourth-order valence-corrected chi connectivity index (χ4v) is 4.31. The van der Waals surface area contributed by atoms with E-state index in [0.717, 1.165) is 29.3 Å².